The Morgan fingerprint density at radius 2 is 1.89 bits per heavy atom. The lowest BCUT2D eigenvalue weighted by Crippen LogP contribution is -2.32. The molecule has 1 aliphatic rings. The molecule has 0 radical (unpaired) electrons. The summed E-state index contributed by atoms with van der Waals surface area (Å²) in [4.78, 5) is 30.3. The summed E-state index contributed by atoms with van der Waals surface area (Å²) in [6.45, 7) is 0.449. The molecule has 0 atom stereocenters. The van der Waals surface area contributed by atoms with Crippen LogP contribution in [0.1, 0.15) is 5.56 Å². The van der Waals surface area contributed by atoms with E-state index in [1.165, 1.54) is 4.90 Å². The van der Waals surface area contributed by atoms with Gasteiger partial charge in [0.15, 0.2) is 0 Å². The third kappa shape index (κ3) is 3.71. The van der Waals surface area contributed by atoms with Crippen molar-refractivity contribution in [2.75, 3.05) is 13.2 Å². The van der Waals surface area contributed by atoms with Crippen molar-refractivity contribution in [2.45, 2.75) is 0 Å². The first kappa shape index (κ1) is 17.3. The zero-order valence-corrected chi connectivity index (χ0v) is 15.2. The third-order valence-corrected chi connectivity index (χ3v) is 5.09. The van der Waals surface area contributed by atoms with Crippen molar-refractivity contribution in [1.29, 1.82) is 0 Å². The second-order valence-corrected chi connectivity index (χ2v) is 6.94. The number of benzene rings is 2. The Labute approximate surface area is 160 Å². The maximum absolute atomic E-state index is 12.5. The Morgan fingerprint density at radius 3 is 2.74 bits per heavy atom. The number of amides is 2. The van der Waals surface area contributed by atoms with E-state index >= 15 is 0 Å². The average Bonchev–Trinajstić information content (AvgIpc) is 2.96. The number of hydrogen-bond donors (Lipinski definition) is 0. The zero-order chi connectivity index (χ0) is 18.6. The standard InChI is InChI=1S/C21H16N2O3S/c24-20-19(13-15-5-4-10-22-14-15)27-21(25)23(20)11-12-26-18-9-3-7-16-6-1-2-8-17(16)18/h1-10,13-14H,11-12H2/b19-13-. The van der Waals surface area contributed by atoms with Crippen LogP contribution in [0, 0.1) is 0 Å². The Bertz CT molecular complexity index is 1030. The lowest BCUT2D eigenvalue weighted by Gasteiger charge is -2.14. The van der Waals surface area contributed by atoms with Gasteiger partial charge in [0.2, 0.25) is 0 Å². The quantitative estimate of drug-likeness (QED) is 0.620. The van der Waals surface area contributed by atoms with E-state index in [0.717, 1.165) is 33.8 Å². The first-order chi connectivity index (χ1) is 13.2. The van der Waals surface area contributed by atoms with E-state index < -0.39 is 0 Å². The van der Waals surface area contributed by atoms with Gasteiger partial charge in [-0.15, -0.1) is 0 Å². The number of carbonyl (C=O) groups is 2. The number of rotatable bonds is 5. The number of thioether (sulfide) groups is 1. The lowest BCUT2D eigenvalue weighted by atomic mass is 10.1. The van der Waals surface area contributed by atoms with E-state index in [2.05, 4.69) is 4.98 Å². The Balaban J connectivity index is 1.43. The predicted octanol–water partition coefficient (Wildman–Crippen LogP) is 4.35. The van der Waals surface area contributed by atoms with Crippen LogP contribution in [-0.4, -0.2) is 34.2 Å². The van der Waals surface area contributed by atoms with Crippen LogP contribution in [-0.2, 0) is 4.79 Å². The number of imide groups is 1. The summed E-state index contributed by atoms with van der Waals surface area (Å²) in [7, 11) is 0. The van der Waals surface area contributed by atoms with Gasteiger partial charge in [-0.3, -0.25) is 19.5 Å². The summed E-state index contributed by atoms with van der Waals surface area (Å²) < 4.78 is 5.85. The van der Waals surface area contributed by atoms with Gasteiger partial charge >= 0.3 is 0 Å². The van der Waals surface area contributed by atoms with Gasteiger partial charge in [0.25, 0.3) is 11.1 Å². The first-order valence-electron chi connectivity index (χ1n) is 8.48. The van der Waals surface area contributed by atoms with Crippen molar-refractivity contribution >= 4 is 39.8 Å². The van der Waals surface area contributed by atoms with Crippen LogP contribution in [0.3, 0.4) is 0 Å². The minimum atomic E-state index is -0.296. The molecule has 6 heteroatoms. The molecule has 27 heavy (non-hydrogen) atoms. The average molecular weight is 376 g/mol. The van der Waals surface area contributed by atoms with E-state index in [9.17, 15) is 9.59 Å². The fourth-order valence-corrected chi connectivity index (χ4v) is 3.74. The lowest BCUT2D eigenvalue weighted by molar-refractivity contribution is -0.123. The molecule has 134 valence electrons. The molecule has 4 rings (SSSR count). The molecule has 5 nitrogen and oxygen atoms in total. The van der Waals surface area contributed by atoms with E-state index in [0.29, 0.717) is 4.91 Å². The molecule has 1 saturated heterocycles. The summed E-state index contributed by atoms with van der Waals surface area (Å²) >= 11 is 0.941. The molecule has 0 saturated carbocycles. The van der Waals surface area contributed by atoms with Crippen molar-refractivity contribution in [3.63, 3.8) is 0 Å². The smallest absolute Gasteiger partial charge is 0.293 e. The van der Waals surface area contributed by atoms with Crippen molar-refractivity contribution in [1.82, 2.24) is 9.88 Å². The van der Waals surface area contributed by atoms with Crippen LogP contribution in [0.15, 0.2) is 71.9 Å². The fourth-order valence-electron chi connectivity index (χ4n) is 2.87. The number of ether oxygens (including phenoxy) is 1. The number of nitrogens with zero attached hydrogens (tertiary/aromatic N) is 2. The summed E-state index contributed by atoms with van der Waals surface area (Å²) in [5, 5.41) is 1.81. The van der Waals surface area contributed by atoms with E-state index in [4.69, 9.17) is 4.74 Å². The number of hydrogen-bond acceptors (Lipinski definition) is 5. The highest BCUT2D eigenvalue weighted by Gasteiger charge is 2.34. The van der Waals surface area contributed by atoms with Crippen molar-refractivity contribution in [3.8, 4) is 5.75 Å². The monoisotopic (exact) mass is 376 g/mol. The van der Waals surface area contributed by atoms with Crippen molar-refractivity contribution in [3.05, 3.63) is 77.5 Å². The highest BCUT2D eigenvalue weighted by atomic mass is 32.2. The maximum Gasteiger partial charge on any atom is 0.293 e. The normalized spacial score (nSPS) is 15.7. The molecule has 0 bridgehead atoms. The van der Waals surface area contributed by atoms with Gasteiger partial charge in [0, 0.05) is 17.8 Å². The first-order valence-corrected chi connectivity index (χ1v) is 9.30. The Kier molecular flexibility index (Phi) is 4.89. The molecule has 0 unspecified atom stereocenters. The van der Waals surface area contributed by atoms with E-state index in [-0.39, 0.29) is 24.3 Å². The minimum absolute atomic E-state index is 0.207. The molecule has 1 aliphatic heterocycles. The highest BCUT2D eigenvalue weighted by Crippen LogP contribution is 2.32. The molecule has 1 aromatic heterocycles. The Hall–Kier alpha value is -3.12. The van der Waals surface area contributed by atoms with Gasteiger partial charge in [0.1, 0.15) is 12.4 Å². The second-order valence-electron chi connectivity index (χ2n) is 5.95. The van der Waals surface area contributed by atoms with Gasteiger partial charge < -0.3 is 4.74 Å². The van der Waals surface area contributed by atoms with Gasteiger partial charge in [-0.25, -0.2) is 0 Å². The van der Waals surface area contributed by atoms with Crippen LogP contribution >= 0.6 is 11.8 Å². The summed E-state index contributed by atoms with van der Waals surface area (Å²) in [6, 6.07) is 17.4. The van der Waals surface area contributed by atoms with Gasteiger partial charge in [-0.1, -0.05) is 42.5 Å². The minimum Gasteiger partial charge on any atom is -0.491 e. The maximum atomic E-state index is 12.5. The second kappa shape index (κ2) is 7.63. The van der Waals surface area contributed by atoms with Crippen LogP contribution < -0.4 is 4.74 Å². The number of aromatic nitrogens is 1. The molecule has 0 N–H and O–H groups in total. The molecule has 2 heterocycles. The van der Waals surface area contributed by atoms with Crippen molar-refractivity contribution in [2.24, 2.45) is 0 Å². The van der Waals surface area contributed by atoms with E-state index in [1.807, 2.05) is 48.5 Å². The summed E-state index contributed by atoms with van der Waals surface area (Å²) in [5.74, 6) is 0.446. The molecule has 2 amide bonds. The highest BCUT2D eigenvalue weighted by molar-refractivity contribution is 8.18. The van der Waals surface area contributed by atoms with Gasteiger partial charge in [-0.05, 0) is 40.9 Å². The van der Waals surface area contributed by atoms with Crippen LogP contribution in [0.2, 0.25) is 0 Å². The molecule has 0 spiro atoms. The molecule has 0 aliphatic carbocycles. The Morgan fingerprint density at radius 1 is 1.04 bits per heavy atom. The topological polar surface area (TPSA) is 59.5 Å². The third-order valence-electron chi connectivity index (χ3n) is 4.18. The molecule has 2 aromatic carbocycles. The summed E-state index contributed by atoms with van der Waals surface area (Å²) in [5.41, 5.74) is 0.787. The van der Waals surface area contributed by atoms with Crippen molar-refractivity contribution < 1.29 is 14.3 Å². The zero-order valence-electron chi connectivity index (χ0n) is 14.4. The summed E-state index contributed by atoms with van der Waals surface area (Å²) in [6.07, 6.45) is 4.99. The predicted molar refractivity (Wildman–Crippen MR) is 106 cm³/mol. The molecule has 1 fully saturated rings. The number of pyridine rings is 1. The molecular formula is C21H16N2O3S. The largest absolute Gasteiger partial charge is 0.491 e. The van der Waals surface area contributed by atoms with Crippen LogP contribution in [0.25, 0.3) is 16.8 Å². The SMILES string of the molecule is O=C1S/C(=C\c2cccnc2)C(=O)N1CCOc1cccc2ccccc12. The van der Waals surface area contributed by atoms with Crippen LogP contribution in [0.4, 0.5) is 4.79 Å². The van der Waals surface area contributed by atoms with Crippen LogP contribution in [0.5, 0.6) is 5.75 Å². The molecule has 3 aromatic rings. The van der Waals surface area contributed by atoms with E-state index in [1.54, 1.807) is 24.5 Å². The fraction of sp³-hybridized carbons (Fsp3) is 0.0952. The number of carbonyl (C=O) groups excluding carboxylic acids is 2. The van der Waals surface area contributed by atoms with Gasteiger partial charge in [-0.2, -0.15) is 0 Å². The number of fused-ring (bicyclic) bond motifs is 1. The molecular weight excluding hydrogens is 360 g/mol. The van der Waals surface area contributed by atoms with Gasteiger partial charge in [0.05, 0.1) is 11.4 Å².